The summed E-state index contributed by atoms with van der Waals surface area (Å²) in [4.78, 5) is 17.4. The molecule has 2 atom stereocenters. The topological polar surface area (TPSA) is 46.3 Å². The van der Waals surface area contributed by atoms with Crippen LogP contribution in [0.15, 0.2) is 60.9 Å². The molecule has 1 saturated heterocycles. The average Bonchev–Trinajstić information content (AvgIpc) is 3.23. The minimum atomic E-state index is 0.278. The van der Waals surface area contributed by atoms with Crippen LogP contribution in [0.1, 0.15) is 65.4 Å². The Labute approximate surface area is 190 Å². The number of rotatable bonds is 5. The molecule has 32 heavy (non-hydrogen) atoms. The molecule has 1 fully saturated rings. The van der Waals surface area contributed by atoms with Crippen molar-refractivity contribution in [2.24, 2.45) is 0 Å². The zero-order chi connectivity index (χ0) is 22.1. The van der Waals surface area contributed by atoms with Crippen LogP contribution in [0.2, 0.25) is 0 Å². The van der Waals surface area contributed by atoms with Gasteiger partial charge < -0.3 is 4.40 Å². The van der Waals surface area contributed by atoms with Crippen molar-refractivity contribution in [2.45, 2.75) is 58.5 Å². The van der Waals surface area contributed by atoms with Crippen LogP contribution in [-0.2, 0) is 6.42 Å². The monoisotopic (exact) mass is 425 g/mol. The summed E-state index contributed by atoms with van der Waals surface area (Å²) in [6.07, 6.45) is 8.63. The molecule has 0 amide bonds. The van der Waals surface area contributed by atoms with E-state index in [1.165, 1.54) is 17.7 Å². The van der Waals surface area contributed by atoms with Gasteiger partial charge >= 0.3 is 0 Å². The number of aromatic nitrogens is 4. The normalized spacial score (nSPS) is 19.5. The van der Waals surface area contributed by atoms with E-state index >= 15 is 0 Å². The van der Waals surface area contributed by atoms with Gasteiger partial charge in [0.25, 0.3) is 0 Å². The number of nitrogens with zero attached hydrogens (tertiary/aromatic N) is 5. The van der Waals surface area contributed by atoms with Gasteiger partial charge in [0.1, 0.15) is 5.65 Å². The Kier molecular flexibility index (Phi) is 5.75. The molecule has 4 aromatic heterocycles. The number of hydrogen-bond donors (Lipinski definition) is 0. The van der Waals surface area contributed by atoms with E-state index in [1.54, 1.807) is 0 Å². The highest BCUT2D eigenvalue weighted by Gasteiger charge is 2.35. The third-order valence-electron chi connectivity index (χ3n) is 6.64. The number of likely N-dealkylation sites (tertiary alicyclic amines) is 1. The first-order valence-electron chi connectivity index (χ1n) is 11.6. The van der Waals surface area contributed by atoms with Gasteiger partial charge in [0.05, 0.1) is 23.5 Å². The SMILES string of the molecule is Cc1cccc(CCN2[C@@H](c3cn4ccccc4n3)CCC[C@H]2c2nc(C)ccc2C)n1. The van der Waals surface area contributed by atoms with Crippen LogP contribution in [-0.4, -0.2) is 30.8 Å². The highest BCUT2D eigenvalue weighted by atomic mass is 15.2. The first kappa shape index (κ1) is 20.8. The molecule has 1 aliphatic heterocycles. The van der Waals surface area contributed by atoms with E-state index in [2.05, 4.69) is 91.0 Å². The summed E-state index contributed by atoms with van der Waals surface area (Å²) in [7, 11) is 0. The number of hydrogen-bond acceptors (Lipinski definition) is 4. The highest BCUT2D eigenvalue weighted by Crippen LogP contribution is 2.41. The molecule has 0 unspecified atom stereocenters. The summed E-state index contributed by atoms with van der Waals surface area (Å²) in [6, 6.07) is 17.4. The Morgan fingerprint density at radius 2 is 1.69 bits per heavy atom. The number of imidazole rings is 1. The summed E-state index contributed by atoms with van der Waals surface area (Å²) < 4.78 is 2.13. The largest absolute Gasteiger partial charge is 0.307 e. The van der Waals surface area contributed by atoms with Crippen LogP contribution in [0.25, 0.3) is 5.65 Å². The zero-order valence-corrected chi connectivity index (χ0v) is 19.2. The standard InChI is InChI=1S/C27H31N5/c1-19-13-14-21(3)29-27(19)25-11-7-10-24(23-18-31-16-5-4-12-26(31)30-23)32(25)17-15-22-9-6-8-20(2)28-22/h4-6,8-9,12-14,16,18,24-25H,7,10-11,15,17H2,1-3H3/t24-,25+/m1/s1. The van der Waals surface area contributed by atoms with E-state index in [1.807, 2.05) is 0 Å². The van der Waals surface area contributed by atoms with Gasteiger partial charge in [-0.15, -0.1) is 0 Å². The van der Waals surface area contributed by atoms with Crippen LogP contribution >= 0.6 is 0 Å². The number of aryl methyl sites for hydroxylation is 3. The Hall–Kier alpha value is -3.05. The molecular weight excluding hydrogens is 394 g/mol. The summed E-state index contributed by atoms with van der Waals surface area (Å²) in [5, 5.41) is 0. The number of pyridine rings is 3. The first-order valence-corrected chi connectivity index (χ1v) is 11.6. The molecule has 0 radical (unpaired) electrons. The molecule has 0 saturated carbocycles. The maximum atomic E-state index is 5.01. The molecule has 4 aromatic rings. The van der Waals surface area contributed by atoms with E-state index in [0.29, 0.717) is 6.04 Å². The van der Waals surface area contributed by atoms with Gasteiger partial charge in [-0.1, -0.05) is 18.2 Å². The second-order valence-electron chi connectivity index (χ2n) is 9.01. The molecular formula is C27H31N5. The molecule has 5 rings (SSSR count). The van der Waals surface area contributed by atoms with Crippen molar-refractivity contribution in [3.8, 4) is 0 Å². The Morgan fingerprint density at radius 1 is 0.844 bits per heavy atom. The molecule has 0 aliphatic carbocycles. The minimum Gasteiger partial charge on any atom is -0.307 e. The fourth-order valence-corrected chi connectivity index (χ4v) is 5.06. The quantitative estimate of drug-likeness (QED) is 0.420. The third-order valence-corrected chi connectivity index (χ3v) is 6.64. The summed E-state index contributed by atoms with van der Waals surface area (Å²) in [5.74, 6) is 0. The van der Waals surface area contributed by atoms with Crippen molar-refractivity contribution < 1.29 is 0 Å². The lowest BCUT2D eigenvalue weighted by molar-refractivity contribution is 0.0778. The molecule has 0 bridgehead atoms. The molecule has 0 aromatic carbocycles. The smallest absolute Gasteiger partial charge is 0.137 e. The first-order chi connectivity index (χ1) is 15.6. The predicted molar refractivity (Wildman–Crippen MR) is 128 cm³/mol. The summed E-state index contributed by atoms with van der Waals surface area (Å²) >= 11 is 0. The van der Waals surface area contributed by atoms with Crippen molar-refractivity contribution in [1.29, 1.82) is 0 Å². The van der Waals surface area contributed by atoms with E-state index in [0.717, 1.165) is 54.2 Å². The Morgan fingerprint density at radius 3 is 2.53 bits per heavy atom. The van der Waals surface area contributed by atoms with Gasteiger partial charge in [0.15, 0.2) is 0 Å². The Bertz CT molecular complexity index is 1190. The van der Waals surface area contributed by atoms with Gasteiger partial charge in [0.2, 0.25) is 0 Å². The van der Waals surface area contributed by atoms with Gasteiger partial charge in [-0.2, -0.15) is 0 Å². The molecule has 0 N–H and O–H groups in total. The van der Waals surface area contributed by atoms with Crippen molar-refractivity contribution in [3.05, 3.63) is 95.0 Å². The van der Waals surface area contributed by atoms with E-state index in [4.69, 9.17) is 15.0 Å². The highest BCUT2D eigenvalue weighted by molar-refractivity contribution is 5.40. The molecule has 5 nitrogen and oxygen atoms in total. The molecule has 0 spiro atoms. The summed E-state index contributed by atoms with van der Waals surface area (Å²) in [5.41, 5.74) is 7.97. The minimum absolute atomic E-state index is 0.278. The predicted octanol–water partition coefficient (Wildman–Crippen LogP) is 5.56. The van der Waals surface area contributed by atoms with Crippen LogP contribution in [0.3, 0.4) is 0 Å². The van der Waals surface area contributed by atoms with Crippen molar-refractivity contribution in [3.63, 3.8) is 0 Å². The molecule has 164 valence electrons. The van der Waals surface area contributed by atoms with Gasteiger partial charge in [-0.25, -0.2) is 4.98 Å². The van der Waals surface area contributed by atoms with Crippen LogP contribution < -0.4 is 0 Å². The van der Waals surface area contributed by atoms with E-state index in [-0.39, 0.29) is 6.04 Å². The van der Waals surface area contributed by atoms with Crippen LogP contribution in [0, 0.1) is 20.8 Å². The third kappa shape index (κ3) is 4.17. The maximum Gasteiger partial charge on any atom is 0.137 e. The van der Waals surface area contributed by atoms with Crippen molar-refractivity contribution >= 4 is 5.65 Å². The van der Waals surface area contributed by atoms with Gasteiger partial charge in [-0.3, -0.25) is 14.9 Å². The molecule has 5 heterocycles. The van der Waals surface area contributed by atoms with Crippen LogP contribution in [0.5, 0.6) is 0 Å². The maximum absolute atomic E-state index is 5.01. The lowest BCUT2D eigenvalue weighted by Crippen LogP contribution is -2.39. The van der Waals surface area contributed by atoms with E-state index in [9.17, 15) is 0 Å². The van der Waals surface area contributed by atoms with E-state index < -0.39 is 0 Å². The molecule has 1 aliphatic rings. The lowest BCUT2D eigenvalue weighted by Gasteiger charge is -2.42. The second kappa shape index (κ2) is 8.83. The van der Waals surface area contributed by atoms with Gasteiger partial charge in [-0.05, 0) is 75.9 Å². The van der Waals surface area contributed by atoms with Gasteiger partial charge in [0, 0.05) is 42.4 Å². The Balaban J connectivity index is 1.52. The van der Waals surface area contributed by atoms with Crippen molar-refractivity contribution in [1.82, 2.24) is 24.3 Å². The fraction of sp³-hybridized carbons (Fsp3) is 0.370. The van der Waals surface area contributed by atoms with Crippen molar-refractivity contribution in [2.75, 3.05) is 6.54 Å². The average molecular weight is 426 g/mol. The second-order valence-corrected chi connectivity index (χ2v) is 9.01. The van der Waals surface area contributed by atoms with Crippen LogP contribution in [0.4, 0.5) is 0 Å². The zero-order valence-electron chi connectivity index (χ0n) is 19.2. The summed E-state index contributed by atoms with van der Waals surface area (Å²) in [6.45, 7) is 7.28. The fourth-order valence-electron chi connectivity index (χ4n) is 5.06. The molecule has 5 heteroatoms. The number of piperidine rings is 1. The number of fused-ring (bicyclic) bond motifs is 1. The lowest BCUT2D eigenvalue weighted by atomic mass is 9.90.